The molecule has 1 aromatic heterocycles. The van der Waals surface area contributed by atoms with E-state index in [4.69, 9.17) is 4.74 Å². The maximum Gasteiger partial charge on any atom is 0.226 e. The predicted octanol–water partition coefficient (Wildman–Crippen LogP) is 1.67. The maximum atomic E-state index is 12.7. The van der Waals surface area contributed by atoms with Crippen LogP contribution in [0, 0.1) is 5.92 Å². The lowest BCUT2D eigenvalue weighted by atomic mass is 9.75. The first-order chi connectivity index (χ1) is 12.6. The first-order valence-electron chi connectivity index (χ1n) is 8.79. The van der Waals surface area contributed by atoms with Crippen molar-refractivity contribution in [2.24, 2.45) is 10.9 Å². The molecule has 0 bridgehead atoms. The molecule has 0 radical (unpaired) electrons. The van der Waals surface area contributed by atoms with Gasteiger partial charge in [0.05, 0.1) is 32.2 Å². The minimum absolute atomic E-state index is 0.0211. The topological polar surface area (TPSA) is 87.0 Å². The van der Waals surface area contributed by atoms with Gasteiger partial charge in [0.1, 0.15) is 0 Å². The Labute approximate surface area is 156 Å². The molecule has 1 amide bonds. The number of ether oxygens (including phenoxy) is 1. The summed E-state index contributed by atoms with van der Waals surface area (Å²) in [7, 11) is 1.58. The van der Waals surface area contributed by atoms with Crippen molar-refractivity contribution in [3.63, 3.8) is 0 Å². The summed E-state index contributed by atoms with van der Waals surface area (Å²) in [6, 6.07) is 3.58. The van der Waals surface area contributed by atoms with Crippen LogP contribution in [0.1, 0.15) is 30.9 Å². The van der Waals surface area contributed by atoms with E-state index < -0.39 is 0 Å². The van der Waals surface area contributed by atoms with E-state index >= 15 is 0 Å². The third-order valence-electron chi connectivity index (χ3n) is 5.06. The van der Waals surface area contributed by atoms with Crippen LogP contribution in [-0.2, 0) is 4.79 Å². The van der Waals surface area contributed by atoms with Gasteiger partial charge in [-0.25, -0.2) is 4.98 Å². The lowest BCUT2D eigenvalue weighted by Gasteiger charge is -2.38. The highest BCUT2D eigenvalue weighted by Crippen LogP contribution is 2.38. The summed E-state index contributed by atoms with van der Waals surface area (Å²) in [6.45, 7) is 1.64. The van der Waals surface area contributed by atoms with Crippen molar-refractivity contribution in [2.45, 2.75) is 31.4 Å². The van der Waals surface area contributed by atoms with Crippen LogP contribution in [0.3, 0.4) is 0 Å². The van der Waals surface area contributed by atoms with Crippen LogP contribution >= 0.6 is 11.8 Å². The van der Waals surface area contributed by atoms with E-state index in [1.807, 2.05) is 11.5 Å². The maximum absolute atomic E-state index is 12.7. The van der Waals surface area contributed by atoms with Crippen molar-refractivity contribution in [1.29, 1.82) is 0 Å². The van der Waals surface area contributed by atoms with Gasteiger partial charge in [0.25, 0.3) is 0 Å². The van der Waals surface area contributed by atoms with Gasteiger partial charge in [-0.15, -0.1) is 0 Å². The molecule has 1 atom stereocenters. The average molecular weight is 374 g/mol. The second kappa shape index (κ2) is 7.28. The molecule has 26 heavy (non-hydrogen) atoms. The lowest BCUT2D eigenvalue weighted by molar-refractivity contribution is -0.122. The number of hydrogen-bond donors (Lipinski definition) is 2. The predicted molar refractivity (Wildman–Crippen MR) is 99.7 cm³/mol. The lowest BCUT2D eigenvalue weighted by Crippen LogP contribution is -2.41. The number of carbonyl (C=O) groups is 1. The van der Waals surface area contributed by atoms with Crippen LogP contribution < -0.4 is 10.1 Å². The molecule has 4 rings (SSSR count). The van der Waals surface area contributed by atoms with Crippen molar-refractivity contribution < 1.29 is 14.6 Å². The number of thioether (sulfide) groups is 1. The summed E-state index contributed by atoms with van der Waals surface area (Å²) in [5.41, 5.74) is 1.94. The van der Waals surface area contributed by atoms with Gasteiger partial charge in [0, 0.05) is 24.5 Å². The number of pyridine rings is 1. The monoisotopic (exact) mass is 374 g/mol. The Hall–Kier alpha value is -2.06. The zero-order valence-electron chi connectivity index (χ0n) is 14.6. The summed E-state index contributed by atoms with van der Waals surface area (Å²) < 4.78 is 5.11. The van der Waals surface area contributed by atoms with Crippen LogP contribution in [0.5, 0.6) is 5.88 Å². The molecule has 138 valence electrons. The molecule has 3 heterocycles. The van der Waals surface area contributed by atoms with E-state index in [0.29, 0.717) is 25.1 Å². The van der Waals surface area contributed by atoms with Crippen LogP contribution in [0.4, 0.5) is 0 Å². The van der Waals surface area contributed by atoms with Crippen LogP contribution in [0.25, 0.3) is 0 Å². The first-order valence-corrected chi connectivity index (χ1v) is 9.67. The Balaban J connectivity index is 1.44. The number of nitrogens with one attached hydrogen (secondary N) is 1. The molecule has 8 heteroatoms. The van der Waals surface area contributed by atoms with E-state index in [-0.39, 0.29) is 24.0 Å². The molecule has 2 aliphatic heterocycles. The van der Waals surface area contributed by atoms with Crippen molar-refractivity contribution in [2.75, 3.05) is 20.2 Å². The number of fused-ring (bicyclic) bond motifs is 1. The van der Waals surface area contributed by atoms with Crippen LogP contribution in [-0.4, -0.2) is 52.4 Å². The summed E-state index contributed by atoms with van der Waals surface area (Å²) >= 11 is 1.58. The fraction of sp³-hybridized carbons (Fsp3) is 0.500. The second-order valence-corrected chi connectivity index (χ2v) is 7.62. The van der Waals surface area contributed by atoms with Gasteiger partial charge in [-0.3, -0.25) is 9.79 Å². The molecule has 0 saturated heterocycles. The number of amidine groups is 1. The zero-order valence-corrected chi connectivity index (χ0v) is 15.4. The number of carbonyl (C=O) groups excluding carboxylic acids is 1. The van der Waals surface area contributed by atoms with E-state index in [2.05, 4.69) is 20.2 Å². The average Bonchev–Trinajstić information content (AvgIpc) is 3.22. The van der Waals surface area contributed by atoms with Crippen molar-refractivity contribution >= 4 is 22.8 Å². The van der Waals surface area contributed by atoms with Crippen LogP contribution in [0.2, 0.25) is 0 Å². The molecule has 0 aromatic carbocycles. The number of aliphatic hydroxyl groups is 1. The number of methoxy groups -OCH3 is 1. The quantitative estimate of drug-likeness (QED) is 0.788. The first kappa shape index (κ1) is 17.4. The SMILES string of the molecule is COc1ccc([C@@H](NC(=O)CC2=CSC3=NCCN23)C2CC(O)C2)cn1. The van der Waals surface area contributed by atoms with Crippen molar-refractivity contribution in [1.82, 2.24) is 15.2 Å². The molecular formula is C18H22N4O3S. The molecule has 1 aromatic rings. The van der Waals surface area contributed by atoms with E-state index in [1.54, 1.807) is 31.1 Å². The second-order valence-electron chi connectivity index (χ2n) is 6.78. The third kappa shape index (κ3) is 3.43. The number of nitrogens with zero attached hydrogens (tertiary/aromatic N) is 3. The smallest absolute Gasteiger partial charge is 0.226 e. The molecule has 1 saturated carbocycles. The number of amides is 1. The Morgan fingerprint density at radius 3 is 3.04 bits per heavy atom. The highest BCUT2D eigenvalue weighted by atomic mass is 32.2. The third-order valence-corrected chi connectivity index (χ3v) is 6.01. The summed E-state index contributed by atoms with van der Waals surface area (Å²) in [4.78, 5) is 23.5. The molecule has 7 nitrogen and oxygen atoms in total. The van der Waals surface area contributed by atoms with Gasteiger partial charge in [0.2, 0.25) is 11.8 Å². The van der Waals surface area contributed by atoms with E-state index in [0.717, 1.165) is 29.5 Å². The zero-order chi connectivity index (χ0) is 18.1. The number of hydrogen-bond acceptors (Lipinski definition) is 7. The van der Waals surface area contributed by atoms with Crippen molar-refractivity contribution in [3.05, 3.63) is 35.0 Å². The fourth-order valence-electron chi connectivity index (χ4n) is 3.58. The van der Waals surface area contributed by atoms with Gasteiger partial charge in [-0.05, 0) is 29.7 Å². The number of aliphatic hydroxyl groups excluding tert-OH is 1. The van der Waals surface area contributed by atoms with Gasteiger partial charge in [-0.2, -0.15) is 0 Å². The number of aliphatic imine (C=N–C) groups is 1. The molecule has 1 aliphatic carbocycles. The molecular weight excluding hydrogens is 352 g/mol. The van der Waals surface area contributed by atoms with Gasteiger partial charge < -0.3 is 20.1 Å². The minimum atomic E-state index is -0.275. The normalized spacial score (nSPS) is 25.1. The number of rotatable bonds is 6. The Kier molecular flexibility index (Phi) is 4.86. The minimum Gasteiger partial charge on any atom is -0.481 e. The fourth-order valence-corrected chi connectivity index (χ4v) is 4.53. The standard InChI is InChI=1S/C18H22N4O3S/c1-25-16-3-2-11(9-20-16)17(12-6-14(23)7-12)21-15(24)8-13-10-26-18-19-4-5-22(13)18/h2-3,9-10,12,14,17,23H,4-8H2,1H3,(H,21,24)/t12?,14?,17-/m1/s1. The van der Waals surface area contributed by atoms with Crippen molar-refractivity contribution in [3.8, 4) is 5.88 Å². The molecule has 2 N–H and O–H groups in total. The van der Waals surface area contributed by atoms with Gasteiger partial charge >= 0.3 is 0 Å². The molecule has 0 spiro atoms. The Bertz CT molecular complexity index is 743. The highest BCUT2D eigenvalue weighted by molar-refractivity contribution is 8.16. The summed E-state index contributed by atoms with van der Waals surface area (Å²) in [6.07, 6.45) is 3.19. The summed E-state index contributed by atoms with van der Waals surface area (Å²) in [5, 5.41) is 15.8. The van der Waals surface area contributed by atoms with E-state index in [1.165, 1.54) is 0 Å². The van der Waals surface area contributed by atoms with Gasteiger partial charge in [0.15, 0.2) is 5.17 Å². The highest BCUT2D eigenvalue weighted by Gasteiger charge is 2.36. The molecule has 1 fully saturated rings. The van der Waals surface area contributed by atoms with E-state index in [9.17, 15) is 9.90 Å². The Morgan fingerprint density at radius 1 is 1.50 bits per heavy atom. The molecule has 3 aliphatic rings. The summed E-state index contributed by atoms with van der Waals surface area (Å²) in [5.74, 6) is 0.744. The van der Waals surface area contributed by atoms with Gasteiger partial charge in [-0.1, -0.05) is 17.8 Å². The molecule has 0 unspecified atom stereocenters. The van der Waals surface area contributed by atoms with Crippen LogP contribution in [0.15, 0.2) is 34.4 Å². The number of aromatic nitrogens is 1. The Morgan fingerprint density at radius 2 is 2.35 bits per heavy atom. The largest absolute Gasteiger partial charge is 0.481 e.